The summed E-state index contributed by atoms with van der Waals surface area (Å²) in [6.07, 6.45) is 0. The van der Waals surface area contributed by atoms with Crippen molar-refractivity contribution in [2.24, 2.45) is 5.73 Å². The van der Waals surface area contributed by atoms with E-state index < -0.39 is 17.2 Å². The van der Waals surface area contributed by atoms with Crippen LogP contribution in [-0.2, 0) is 0 Å². The molecule has 0 aliphatic carbocycles. The van der Waals surface area contributed by atoms with E-state index in [4.69, 9.17) is 11.1 Å². The van der Waals surface area contributed by atoms with E-state index in [-0.39, 0.29) is 4.91 Å². The van der Waals surface area contributed by atoms with E-state index in [9.17, 15) is 9.59 Å². The predicted molar refractivity (Wildman–Crippen MR) is 28.8 cm³/mol. The lowest BCUT2D eigenvalue weighted by Gasteiger charge is -1.86. The second-order valence-corrected chi connectivity index (χ2v) is 1.40. The molecule has 1 aromatic heterocycles. The minimum Gasteiger partial charge on any atom is -0.365 e. The molecule has 0 aliphatic heterocycles. The number of nitrogen functional groups attached to an aromatic ring is 1. The summed E-state index contributed by atoms with van der Waals surface area (Å²) in [6.45, 7) is 0. The Morgan fingerprint density at radius 2 is 1.80 bits per heavy atom. The van der Waals surface area contributed by atoms with E-state index in [0.717, 1.165) is 0 Å². The van der Waals surface area contributed by atoms with Crippen LogP contribution < -0.4 is 17.0 Å². The van der Waals surface area contributed by atoms with Crippen LogP contribution in [0.15, 0.2) is 18.6 Å². The lowest BCUT2D eigenvalue weighted by atomic mass is 11.0. The standard InChI is InChI=1S/C3H3N3O4/c4-3(5)6-9-1(7)2(8)10-6/h(H3,4,5). The third-order valence-corrected chi connectivity index (χ3v) is 0.695. The maximum atomic E-state index is 10.2. The van der Waals surface area contributed by atoms with Crippen LogP contribution in [0.5, 0.6) is 0 Å². The van der Waals surface area contributed by atoms with E-state index in [0.29, 0.717) is 0 Å². The van der Waals surface area contributed by atoms with Crippen LogP contribution in [0, 0.1) is 5.41 Å². The number of rotatable bonds is 0. The van der Waals surface area contributed by atoms with Crippen molar-refractivity contribution in [3.63, 3.8) is 0 Å². The van der Waals surface area contributed by atoms with Gasteiger partial charge in [-0.15, -0.1) is 0 Å². The summed E-state index contributed by atoms with van der Waals surface area (Å²) in [6, 6.07) is 0. The van der Waals surface area contributed by atoms with Crippen LogP contribution in [0.2, 0.25) is 0 Å². The molecule has 3 N–H and O–H groups in total. The first-order valence-electron chi connectivity index (χ1n) is 2.19. The fraction of sp³-hybridized carbons (Fsp3) is 0. The van der Waals surface area contributed by atoms with Crippen molar-refractivity contribution >= 4 is 5.96 Å². The highest BCUT2D eigenvalue weighted by Gasteiger charge is 2.05. The minimum atomic E-state index is -1.19. The smallest absolute Gasteiger partial charge is 0.365 e. The van der Waals surface area contributed by atoms with E-state index >= 15 is 0 Å². The van der Waals surface area contributed by atoms with Crippen molar-refractivity contribution in [1.29, 1.82) is 5.41 Å². The highest BCUT2D eigenvalue weighted by Crippen LogP contribution is 1.71. The molecule has 0 aliphatic rings. The zero-order valence-corrected chi connectivity index (χ0v) is 4.66. The maximum Gasteiger partial charge on any atom is 0.446 e. The molecule has 0 atom stereocenters. The average Bonchev–Trinajstić information content (AvgIpc) is 2.13. The third kappa shape index (κ3) is 0.835. The van der Waals surface area contributed by atoms with E-state index in [1.54, 1.807) is 0 Å². The van der Waals surface area contributed by atoms with E-state index in [1.165, 1.54) is 0 Å². The Balaban J connectivity index is 3.37. The van der Waals surface area contributed by atoms with Crippen molar-refractivity contribution in [2.75, 3.05) is 0 Å². The molecule has 7 nitrogen and oxygen atoms in total. The first-order valence-corrected chi connectivity index (χ1v) is 2.19. The second kappa shape index (κ2) is 1.87. The van der Waals surface area contributed by atoms with Gasteiger partial charge < -0.3 is 5.73 Å². The highest BCUT2D eigenvalue weighted by molar-refractivity contribution is 5.73. The van der Waals surface area contributed by atoms with Crippen LogP contribution >= 0.6 is 0 Å². The molecule has 0 saturated heterocycles. The number of nitrogens with zero attached hydrogens (tertiary/aromatic N) is 1. The van der Waals surface area contributed by atoms with Gasteiger partial charge >= 0.3 is 11.3 Å². The molecule has 1 rings (SSSR count). The molecule has 54 valence electrons. The quantitative estimate of drug-likeness (QED) is 0.252. The SMILES string of the molecule is N=C(N)n1oc(=O)c(=O)o1. The Hall–Kier alpha value is -1.79. The van der Waals surface area contributed by atoms with Crippen molar-refractivity contribution in [3.05, 3.63) is 20.8 Å². The minimum absolute atomic E-state index is 0.227. The first kappa shape index (κ1) is 6.33. The van der Waals surface area contributed by atoms with Crippen LogP contribution in [0.25, 0.3) is 0 Å². The number of nitrogens with one attached hydrogen (secondary N) is 1. The van der Waals surface area contributed by atoms with Gasteiger partial charge in [0.05, 0.1) is 0 Å². The van der Waals surface area contributed by atoms with Crippen LogP contribution in [0.1, 0.15) is 0 Å². The number of hydrogen-bond donors (Lipinski definition) is 2. The van der Waals surface area contributed by atoms with Crippen LogP contribution in [-0.4, -0.2) is 10.9 Å². The van der Waals surface area contributed by atoms with E-state index in [1.807, 2.05) is 0 Å². The van der Waals surface area contributed by atoms with Gasteiger partial charge in [-0.1, -0.05) is 0 Å². The van der Waals surface area contributed by atoms with E-state index in [2.05, 4.69) is 9.05 Å². The largest absolute Gasteiger partial charge is 0.446 e. The number of hydrogen-bond acceptors (Lipinski definition) is 5. The summed E-state index contributed by atoms with van der Waals surface area (Å²) in [5.74, 6) is -0.667. The molecule has 0 amide bonds. The Morgan fingerprint density at radius 1 is 1.40 bits per heavy atom. The summed E-state index contributed by atoms with van der Waals surface area (Å²) >= 11 is 0. The molecular weight excluding hydrogens is 142 g/mol. The third-order valence-electron chi connectivity index (χ3n) is 0.695. The summed E-state index contributed by atoms with van der Waals surface area (Å²) in [5.41, 5.74) is 2.41. The maximum absolute atomic E-state index is 10.2. The first-order chi connectivity index (χ1) is 4.61. The lowest BCUT2D eigenvalue weighted by Crippen LogP contribution is -2.19. The summed E-state index contributed by atoms with van der Waals surface area (Å²) in [5, 5.41) is 6.62. The van der Waals surface area contributed by atoms with Gasteiger partial charge in [0.15, 0.2) is 0 Å². The molecule has 0 radical (unpaired) electrons. The summed E-state index contributed by atoms with van der Waals surface area (Å²) in [4.78, 5) is 20.6. The fourth-order valence-corrected chi connectivity index (χ4v) is 0.342. The Morgan fingerprint density at radius 3 is 2.00 bits per heavy atom. The molecule has 1 heterocycles. The molecule has 0 bridgehead atoms. The summed E-state index contributed by atoms with van der Waals surface area (Å²) in [7, 11) is 0. The van der Waals surface area contributed by atoms with Crippen molar-refractivity contribution in [1.82, 2.24) is 4.91 Å². The van der Waals surface area contributed by atoms with Gasteiger partial charge in [0.2, 0.25) is 0 Å². The normalized spacial score (nSPS) is 9.60. The topological polar surface area (TPSA) is 115 Å². The second-order valence-electron chi connectivity index (χ2n) is 1.40. The van der Waals surface area contributed by atoms with Gasteiger partial charge in [0.25, 0.3) is 5.96 Å². The average molecular weight is 145 g/mol. The van der Waals surface area contributed by atoms with Crippen LogP contribution in [0.4, 0.5) is 0 Å². The zero-order valence-electron chi connectivity index (χ0n) is 4.66. The van der Waals surface area contributed by atoms with Gasteiger partial charge in [-0.05, 0) is 0 Å². The molecule has 7 heteroatoms. The molecule has 0 fully saturated rings. The van der Waals surface area contributed by atoms with Gasteiger partial charge in [-0.3, -0.25) is 14.5 Å². The monoisotopic (exact) mass is 145 g/mol. The molecule has 0 unspecified atom stereocenters. The molecule has 0 aromatic carbocycles. The molecule has 1 aromatic rings. The Kier molecular flexibility index (Phi) is 1.18. The Bertz CT molecular complexity index is 327. The van der Waals surface area contributed by atoms with Gasteiger partial charge in [-0.2, -0.15) is 0 Å². The van der Waals surface area contributed by atoms with Gasteiger partial charge in [0, 0.05) is 4.91 Å². The lowest BCUT2D eigenvalue weighted by molar-refractivity contribution is 0.156. The number of nitrogens with two attached hydrogens (primary N) is 1. The van der Waals surface area contributed by atoms with Crippen molar-refractivity contribution in [3.8, 4) is 0 Å². The molecule has 10 heavy (non-hydrogen) atoms. The summed E-state index contributed by atoms with van der Waals surface area (Å²) < 4.78 is 8.02. The van der Waals surface area contributed by atoms with Gasteiger partial charge in [-0.25, -0.2) is 9.59 Å². The molecule has 0 saturated carbocycles. The zero-order chi connectivity index (χ0) is 7.72. The number of aromatic nitrogens is 1. The van der Waals surface area contributed by atoms with Gasteiger partial charge in [0.1, 0.15) is 0 Å². The highest BCUT2D eigenvalue weighted by atomic mass is 16.7. The fourth-order valence-electron chi connectivity index (χ4n) is 0.342. The molecule has 0 spiro atoms. The Labute approximate surface area is 53.1 Å². The molecular formula is C3H3N3O4. The van der Waals surface area contributed by atoms with Crippen LogP contribution in [0.3, 0.4) is 0 Å². The van der Waals surface area contributed by atoms with Crippen molar-refractivity contribution in [2.45, 2.75) is 0 Å². The van der Waals surface area contributed by atoms with Crippen molar-refractivity contribution < 1.29 is 9.05 Å². The predicted octanol–water partition coefficient (Wildman–Crippen LogP) is -1.86.